The first-order chi connectivity index (χ1) is 12.5. The average Bonchev–Trinajstić information content (AvgIpc) is 2.95. The Balaban J connectivity index is 2.51. The van der Waals surface area contributed by atoms with E-state index in [9.17, 15) is 20.0 Å². The van der Waals surface area contributed by atoms with Gasteiger partial charge >= 0.3 is 5.97 Å². The third kappa shape index (κ3) is 4.32. The van der Waals surface area contributed by atoms with Crippen molar-refractivity contribution in [3.63, 3.8) is 0 Å². The van der Waals surface area contributed by atoms with E-state index in [0.717, 1.165) is 11.3 Å². The number of nitriles is 1. The van der Waals surface area contributed by atoms with Gasteiger partial charge in [0.1, 0.15) is 21.0 Å². The van der Waals surface area contributed by atoms with Crippen molar-refractivity contribution in [2.24, 2.45) is 0 Å². The Morgan fingerprint density at radius 3 is 2.65 bits per heavy atom. The number of aromatic hydroxyl groups is 1. The molecule has 7 nitrogen and oxygen atoms in total. The maximum absolute atomic E-state index is 12.5. The fourth-order valence-corrected chi connectivity index (χ4v) is 3.22. The monoisotopic (exact) mass is 373 g/mol. The van der Waals surface area contributed by atoms with E-state index in [2.05, 4.69) is 5.32 Å². The minimum absolute atomic E-state index is 0.140. The normalized spacial score (nSPS) is 12.4. The fourth-order valence-electron chi connectivity index (χ4n) is 2.15. The first kappa shape index (κ1) is 19.3. The number of aromatic nitrogens is 1. The number of esters is 1. The lowest BCUT2D eigenvalue weighted by Gasteiger charge is -2.01. The number of hydrogen-bond acceptors (Lipinski definition) is 7. The Kier molecular flexibility index (Phi) is 6.58. The van der Waals surface area contributed by atoms with Crippen molar-refractivity contribution < 1.29 is 14.6 Å². The number of rotatable bonds is 6. The zero-order chi connectivity index (χ0) is 19.1. The van der Waals surface area contributed by atoms with Crippen molar-refractivity contribution in [1.82, 2.24) is 4.57 Å². The Bertz CT molecular complexity index is 997. The summed E-state index contributed by atoms with van der Waals surface area (Å²) in [6.07, 6.45) is 2.16. The van der Waals surface area contributed by atoms with Gasteiger partial charge in [0.2, 0.25) is 0 Å². The second-order valence-electron chi connectivity index (χ2n) is 5.28. The van der Waals surface area contributed by atoms with Crippen LogP contribution in [0.3, 0.4) is 0 Å². The molecule has 0 saturated heterocycles. The number of phenolic OH excluding ortho intramolecular Hbond substituents is 1. The van der Waals surface area contributed by atoms with Crippen LogP contribution < -0.4 is 20.1 Å². The van der Waals surface area contributed by atoms with Crippen molar-refractivity contribution in [1.29, 1.82) is 5.26 Å². The molecule has 0 aliphatic carbocycles. The van der Waals surface area contributed by atoms with Crippen LogP contribution in [0.1, 0.15) is 20.3 Å². The van der Waals surface area contributed by atoms with Crippen LogP contribution in [-0.2, 0) is 16.1 Å². The van der Waals surface area contributed by atoms with Gasteiger partial charge in [-0.15, -0.1) is 11.3 Å². The van der Waals surface area contributed by atoms with Gasteiger partial charge in [-0.2, -0.15) is 5.26 Å². The largest absolute Gasteiger partial charge is 0.508 e. The number of benzene rings is 1. The topological polar surface area (TPSA) is 104 Å². The van der Waals surface area contributed by atoms with E-state index in [0.29, 0.717) is 23.2 Å². The predicted octanol–water partition coefficient (Wildman–Crippen LogP) is 1.11. The quantitative estimate of drug-likeness (QED) is 0.581. The molecule has 0 fully saturated rings. The van der Waals surface area contributed by atoms with E-state index in [1.54, 1.807) is 19.1 Å². The second kappa shape index (κ2) is 8.87. The SMILES string of the molecule is CCCOC(=O)/C(C#N)=c1\s/c(=C/Nc2ccc(O)cc2)c(=O)n1CC. The lowest BCUT2D eigenvalue weighted by atomic mass is 10.3. The van der Waals surface area contributed by atoms with E-state index < -0.39 is 5.97 Å². The third-order valence-electron chi connectivity index (χ3n) is 3.43. The zero-order valence-corrected chi connectivity index (χ0v) is 15.3. The summed E-state index contributed by atoms with van der Waals surface area (Å²) in [4.78, 5) is 24.6. The van der Waals surface area contributed by atoms with Crippen LogP contribution in [0.2, 0.25) is 0 Å². The Labute approximate surface area is 154 Å². The van der Waals surface area contributed by atoms with Gasteiger partial charge < -0.3 is 15.2 Å². The number of phenols is 1. The lowest BCUT2D eigenvalue weighted by Crippen LogP contribution is -2.32. The summed E-state index contributed by atoms with van der Waals surface area (Å²) < 4.78 is 7.04. The molecule has 136 valence electrons. The molecule has 26 heavy (non-hydrogen) atoms. The highest BCUT2D eigenvalue weighted by molar-refractivity contribution is 7.07. The van der Waals surface area contributed by atoms with Crippen molar-refractivity contribution in [2.75, 3.05) is 11.9 Å². The fraction of sp³-hybridized carbons (Fsp3) is 0.278. The van der Waals surface area contributed by atoms with Gasteiger partial charge in [-0.05, 0) is 37.6 Å². The molecule has 0 aliphatic heterocycles. The molecule has 2 N–H and O–H groups in total. The van der Waals surface area contributed by atoms with E-state index in [-0.39, 0.29) is 28.2 Å². The number of hydrogen-bond donors (Lipinski definition) is 2. The number of nitrogens with one attached hydrogen (secondary N) is 1. The standard InChI is InChI=1S/C18H19N3O4S/c1-3-9-25-18(24)14(10-19)17-21(4-2)16(23)15(26-17)11-20-12-5-7-13(22)8-6-12/h5-8,11,20,22H,3-4,9H2,1-2H3/b15-11+,17-14-. The van der Waals surface area contributed by atoms with Crippen molar-refractivity contribution >= 4 is 34.8 Å². The number of carbonyl (C=O) groups is 1. The molecular formula is C18H19N3O4S. The highest BCUT2D eigenvalue weighted by atomic mass is 32.1. The lowest BCUT2D eigenvalue weighted by molar-refractivity contribution is -0.136. The van der Waals surface area contributed by atoms with Crippen molar-refractivity contribution in [3.05, 3.63) is 43.8 Å². The van der Waals surface area contributed by atoms with Crippen LogP contribution in [0.4, 0.5) is 5.69 Å². The molecule has 2 aromatic rings. The van der Waals surface area contributed by atoms with Crippen LogP contribution >= 0.6 is 11.3 Å². The Morgan fingerprint density at radius 1 is 1.38 bits per heavy atom. The number of nitrogens with zero attached hydrogens (tertiary/aromatic N) is 2. The van der Waals surface area contributed by atoms with Crippen LogP contribution in [0.25, 0.3) is 11.8 Å². The zero-order valence-electron chi connectivity index (χ0n) is 14.5. The van der Waals surface area contributed by atoms with Crippen molar-refractivity contribution in [2.45, 2.75) is 26.8 Å². The molecule has 0 radical (unpaired) electrons. The maximum Gasteiger partial charge on any atom is 0.351 e. The van der Waals surface area contributed by atoms with Gasteiger partial charge in [0, 0.05) is 18.4 Å². The first-order valence-electron chi connectivity index (χ1n) is 8.08. The Hall–Kier alpha value is -3.05. The van der Waals surface area contributed by atoms with Gasteiger partial charge in [0.15, 0.2) is 5.57 Å². The summed E-state index contributed by atoms with van der Waals surface area (Å²) in [5.41, 5.74) is 0.216. The Morgan fingerprint density at radius 2 is 2.08 bits per heavy atom. The average molecular weight is 373 g/mol. The molecule has 0 bridgehead atoms. The van der Waals surface area contributed by atoms with Crippen LogP contribution in [0.5, 0.6) is 5.75 Å². The molecule has 2 rings (SSSR count). The summed E-state index contributed by atoms with van der Waals surface area (Å²) in [6.45, 7) is 4.16. The molecule has 0 saturated carbocycles. The van der Waals surface area contributed by atoms with Gasteiger partial charge in [0.25, 0.3) is 5.56 Å². The number of ether oxygens (including phenoxy) is 1. The smallest absolute Gasteiger partial charge is 0.351 e. The molecule has 8 heteroatoms. The molecule has 0 unspecified atom stereocenters. The van der Waals surface area contributed by atoms with Crippen LogP contribution in [0.15, 0.2) is 29.1 Å². The number of thiazole rings is 1. The summed E-state index contributed by atoms with van der Waals surface area (Å²) >= 11 is 1.05. The van der Waals surface area contributed by atoms with E-state index in [1.807, 2.05) is 13.0 Å². The van der Waals surface area contributed by atoms with E-state index in [4.69, 9.17) is 4.74 Å². The molecule has 0 amide bonds. The summed E-state index contributed by atoms with van der Waals surface area (Å²) in [5, 5.41) is 21.6. The van der Waals surface area contributed by atoms with E-state index in [1.165, 1.54) is 22.9 Å². The summed E-state index contributed by atoms with van der Waals surface area (Å²) in [5.74, 6) is -0.586. The molecule has 1 heterocycles. The molecule has 0 spiro atoms. The minimum Gasteiger partial charge on any atom is -0.508 e. The first-order valence-corrected chi connectivity index (χ1v) is 8.90. The molecule has 1 aromatic carbocycles. The van der Waals surface area contributed by atoms with Gasteiger partial charge in [-0.25, -0.2) is 4.79 Å². The van der Waals surface area contributed by atoms with Crippen LogP contribution in [0, 0.1) is 11.3 Å². The molecule has 0 atom stereocenters. The summed E-state index contributed by atoms with van der Waals surface area (Å²) in [6, 6.07) is 8.21. The van der Waals surface area contributed by atoms with Gasteiger partial charge in [-0.3, -0.25) is 9.36 Å². The summed E-state index contributed by atoms with van der Waals surface area (Å²) in [7, 11) is 0. The molecule has 1 aromatic heterocycles. The van der Waals surface area contributed by atoms with Gasteiger partial charge in [-0.1, -0.05) is 6.92 Å². The minimum atomic E-state index is -0.726. The molecule has 0 aliphatic rings. The molecular weight excluding hydrogens is 354 g/mol. The number of carbonyl (C=O) groups excluding carboxylic acids is 1. The maximum atomic E-state index is 12.5. The highest BCUT2D eigenvalue weighted by Crippen LogP contribution is 2.13. The van der Waals surface area contributed by atoms with Crippen LogP contribution in [-0.4, -0.2) is 22.2 Å². The van der Waals surface area contributed by atoms with Crippen molar-refractivity contribution in [3.8, 4) is 11.8 Å². The third-order valence-corrected chi connectivity index (χ3v) is 4.56. The van der Waals surface area contributed by atoms with E-state index >= 15 is 0 Å². The highest BCUT2D eigenvalue weighted by Gasteiger charge is 2.16. The predicted molar refractivity (Wildman–Crippen MR) is 100.0 cm³/mol. The number of anilines is 1. The van der Waals surface area contributed by atoms with Gasteiger partial charge in [0.05, 0.1) is 6.61 Å². The second-order valence-corrected chi connectivity index (χ2v) is 6.31.